The highest BCUT2D eigenvalue weighted by molar-refractivity contribution is 7.91. The zero-order chi connectivity index (χ0) is 16.5. The minimum Gasteiger partial charge on any atom is -0.346 e. The van der Waals surface area contributed by atoms with Gasteiger partial charge in [-0.3, -0.25) is 9.59 Å². The smallest absolute Gasteiger partial charge is 0.251 e. The van der Waals surface area contributed by atoms with Gasteiger partial charge in [-0.25, -0.2) is 8.42 Å². The molecule has 0 spiro atoms. The molecule has 1 fully saturated rings. The highest BCUT2D eigenvalue weighted by atomic mass is 32.2. The van der Waals surface area contributed by atoms with Gasteiger partial charge in [0.15, 0.2) is 9.84 Å². The molecule has 2 heterocycles. The third kappa shape index (κ3) is 4.19. The van der Waals surface area contributed by atoms with Crippen molar-refractivity contribution in [2.75, 3.05) is 11.5 Å². The zero-order valence-electron chi connectivity index (χ0n) is 13.1. The van der Waals surface area contributed by atoms with Crippen LogP contribution in [-0.2, 0) is 16.3 Å². The molecule has 0 aliphatic carbocycles. The van der Waals surface area contributed by atoms with E-state index in [4.69, 9.17) is 0 Å². The summed E-state index contributed by atoms with van der Waals surface area (Å²) in [4.78, 5) is 26.8. The van der Waals surface area contributed by atoms with E-state index in [9.17, 15) is 18.0 Å². The average Bonchev–Trinajstić information content (AvgIpc) is 2.61. The van der Waals surface area contributed by atoms with Gasteiger partial charge in [-0.1, -0.05) is 13.8 Å². The van der Waals surface area contributed by atoms with Crippen LogP contribution in [0.3, 0.4) is 0 Å². The summed E-state index contributed by atoms with van der Waals surface area (Å²) in [6.07, 6.45) is 1.06. The van der Waals surface area contributed by atoms with Crippen molar-refractivity contribution in [3.8, 4) is 0 Å². The van der Waals surface area contributed by atoms with Crippen LogP contribution in [0.2, 0.25) is 0 Å². The summed E-state index contributed by atoms with van der Waals surface area (Å²) in [5.41, 5.74) is -0.120. The predicted octanol–water partition coefficient (Wildman–Crippen LogP) is 0.880. The second kappa shape index (κ2) is 5.87. The quantitative estimate of drug-likeness (QED) is 0.858. The molecule has 1 atom stereocenters. The second-order valence-corrected chi connectivity index (χ2v) is 8.90. The summed E-state index contributed by atoms with van der Waals surface area (Å²) < 4.78 is 23.2. The Balaban J connectivity index is 2.20. The molecule has 1 aliphatic heterocycles. The second-order valence-electron chi connectivity index (χ2n) is 6.71. The van der Waals surface area contributed by atoms with Gasteiger partial charge < -0.3 is 10.3 Å². The number of carbonyl (C=O) groups is 1. The highest BCUT2D eigenvalue weighted by Gasteiger charge is 2.39. The Labute approximate surface area is 130 Å². The number of amides is 1. The molecule has 1 saturated heterocycles. The number of pyridine rings is 1. The monoisotopic (exact) mass is 326 g/mol. The molecule has 2 N–H and O–H groups in total. The van der Waals surface area contributed by atoms with Gasteiger partial charge in [0.05, 0.1) is 17.0 Å². The topological polar surface area (TPSA) is 96.1 Å². The molecule has 0 radical (unpaired) electrons. The maximum absolute atomic E-state index is 12.3. The predicted molar refractivity (Wildman–Crippen MR) is 84.7 cm³/mol. The standard InChI is InChI=1S/C15H22N2O4S/c1-10(2)6-12-7-11(8-13(18)16-12)14(19)17-15(3)4-5-22(20,21)9-15/h7-8,10H,4-6,9H2,1-3H3,(H,16,18)(H,17,19). The lowest BCUT2D eigenvalue weighted by Gasteiger charge is -2.24. The Kier molecular flexibility index (Phi) is 4.47. The largest absolute Gasteiger partial charge is 0.346 e. The van der Waals surface area contributed by atoms with Crippen molar-refractivity contribution in [1.82, 2.24) is 10.3 Å². The van der Waals surface area contributed by atoms with Gasteiger partial charge in [-0.15, -0.1) is 0 Å². The summed E-state index contributed by atoms with van der Waals surface area (Å²) in [5, 5.41) is 2.76. The van der Waals surface area contributed by atoms with Crippen LogP contribution >= 0.6 is 0 Å². The molecule has 1 aromatic rings. The molecule has 0 saturated carbocycles. The summed E-state index contributed by atoms with van der Waals surface area (Å²) in [6.45, 7) is 5.77. The third-order valence-electron chi connectivity index (χ3n) is 3.71. The van der Waals surface area contributed by atoms with Gasteiger partial charge in [0, 0.05) is 17.3 Å². The lowest BCUT2D eigenvalue weighted by molar-refractivity contribution is 0.0915. The van der Waals surface area contributed by atoms with Crippen LogP contribution in [0.1, 0.15) is 43.2 Å². The number of rotatable bonds is 4. The maximum atomic E-state index is 12.3. The van der Waals surface area contributed by atoms with Gasteiger partial charge in [-0.2, -0.15) is 0 Å². The van der Waals surface area contributed by atoms with Crippen molar-refractivity contribution in [3.63, 3.8) is 0 Å². The zero-order valence-corrected chi connectivity index (χ0v) is 13.9. The maximum Gasteiger partial charge on any atom is 0.251 e. The fraction of sp³-hybridized carbons (Fsp3) is 0.600. The summed E-state index contributed by atoms with van der Waals surface area (Å²) in [7, 11) is -3.10. The highest BCUT2D eigenvalue weighted by Crippen LogP contribution is 2.23. The first-order chi connectivity index (χ1) is 10.1. The lowest BCUT2D eigenvalue weighted by Crippen LogP contribution is -2.47. The first-order valence-electron chi connectivity index (χ1n) is 7.35. The molecule has 122 valence electrons. The van der Waals surface area contributed by atoms with Crippen LogP contribution in [0.25, 0.3) is 0 Å². The van der Waals surface area contributed by atoms with Crippen molar-refractivity contribution < 1.29 is 13.2 Å². The first kappa shape index (κ1) is 16.7. The number of carbonyl (C=O) groups excluding carboxylic acids is 1. The Hall–Kier alpha value is -1.63. The fourth-order valence-electron chi connectivity index (χ4n) is 2.74. The van der Waals surface area contributed by atoms with Crippen molar-refractivity contribution in [2.45, 2.75) is 39.2 Å². The summed E-state index contributed by atoms with van der Waals surface area (Å²) in [5.74, 6) is -0.0342. The molecule has 7 heteroatoms. The van der Waals surface area contributed by atoms with Gasteiger partial charge in [0.2, 0.25) is 5.56 Å². The van der Waals surface area contributed by atoms with Gasteiger partial charge in [0.1, 0.15) is 0 Å². The number of aromatic nitrogens is 1. The van der Waals surface area contributed by atoms with E-state index in [1.54, 1.807) is 13.0 Å². The van der Waals surface area contributed by atoms with E-state index in [0.29, 0.717) is 24.5 Å². The number of sulfone groups is 1. The van der Waals surface area contributed by atoms with E-state index in [1.807, 2.05) is 13.8 Å². The minimum atomic E-state index is -3.10. The molecule has 1 amide bonds. The number of hydrogen-bond acceptors (Lipinski definition) is 4. The summed E-state index contributed by atoms with van der Waals surface area (Å²) >= 11 is 0. The Bertz CT molecular complexity index is 736. The molecule has 22 heavy (non-hydrogen) atoms. The van der Waals surface area contributed by atoms with Crippen LogP contribution < -0.4 is 10.9 Å². The van der Waals surface area contributed by atoms with Crippen LogP contribution in [0.5, 0.6) is 0 Å². The molecule has 1 aliphatic rings. The van der Waals surface area contributed by atoms with E-state index in [1.165, 1.54) is 6.07 Å². The molecular weight excluding hydrogens is 304 g/mol. The fourth-order valence-corrected chi connectivity index (χ4v) is 4.83. The lowest BCUT2D eigenvalue weighted by atomic mass is 10.0. The van der Waals surface area contributed by atoms with E-state index in [2.05, 4.69) is 10.3 Å². The van der Waals surface area contributed by atoms with E-state index in [-0.39, 0.29) is 22.6 Å². The van der Waals surface area contributed by atoms with Crippen molar-refractivity contribution in [3.05, 3.63) is 33.7 Å². The third-order valence-corrected chi connectivity index (χ3v) is 5.61. The molecule has 1 aromatic heterocycles. The normalized spacial score (nSPS) is 23.6. The number of aromatic amines is 1. The van der Waals surface area contributed by atoms with E-state index < -0.39 is 21.3 Å². The Morgan fingerprint density at radius 1 is 1.41 bits per heavy atom. The van der Waals surface area contributed by atoms with Crippen molar-refractivity contribution >= 4 is 15.7 Å². The van der Waals surface area contributed by atoms with Gasteiger partial charge >= 0.3 is 0 Å². The van der Waals surface area contributed by atoms with E-state index in [0.717, 1.165) is 0 Å². The molecule has 6 nitrogen and oxygen atoms in total. The van der Waals surface area contributed by atoms with Crippen LogP contribution in [-0.4, -0.2) is 36.4 Å². The Morgan fingerprint density at radius 3 is 2.64 bits per heavy atom. The number of hydrogen-bond donors (Lipinski definition) is 2. The SMILES string of the molecule is CC(C)Cc1cc(C(=O)NC2(C)CCS(=O)(=O)C2)cc(=O)[nH]1. The van der Waals surface area contributed by atoms with Gasteiger partial charge in [0.25, 0.3) is 5.91 Å². The molecular formula is C15H22N2O4S. The van der Waals surface area contributed by atoms with E-state index >= 15 is 0 Å². The van der Waals surface area contributed by atoms with Crippen molar-refractivity contribution in [2.24, 2.45) is 5.92 Å². The average molecular weight is 326 g/mol. The van der Waals surface area contributed by atoms with Crippen LogP contribution in [0, 0.1) is 5.92 Å². The van der Waals surface area contributed by atoms with Crippen LogP contribution in [0.15, 0.2) is 16.9 Å². The van der Waals surface area contributed by atoms with Crippen molar-refractivity contribution in [1.29, 1.82) is 0 Å². The minimum absolute atomic E-state index is 0.0617. The number of nitrogens with one attached hydrogen (secondary N) is 2. The molecule has 1 unspecified atom stereocenters. The number of H-pyrrole nitrogens is 1. The van der Waals surface area contributed by atoms with Crippen LogP contribution in [0.4, 0.5) is 0 Å². The molecule has 2 rings (SSSR count). The molecule has 0 bridgehead atoms. The molecule has 0 aromatic carbocycles. The first-order valence-corrected chi connectivity index (χ1v) is 9.17. The Morgan fingerprint density at radius 2 is 2.09 bits per heavy atom. The summed E-state index contributed by atoms with van der Waals surface area (Å²) in [6, 6.07) is 2.90. The van der Waals surface area contributed by atoms with Gasteiger partial charge in [-0.05, 0) is 31.7 Å².